The molecule has 1 atom stereocenters. The molecule has 100 valence electrons. The van der Waals surface area contributed by atoms with Crippen molar-refractivity contribution in [1.29, 1.82) is 5.26 Å². The molecule has 0 aliphatic carbocycles. The Morgan fingerprint density at radius 3 is 2.47 bits per heavy atom. The van der Waals surface area contributed by atoms with Crippen LogP contribution in [0.5, 0.6) is 0 Å². The van der Waals surface area contributed by atoms with Gasteiger partial charge in [0.15, 0.2) is 0 Å². The van der Waals surface area contributed by atoms with Crippen molar-refractivity contribution in [1.82, 2.24) is 0 Å². The quantitative estimate of drug-likeness (QED) is 0.905. The first kappa shape index (κ1) is 13.4. The van der Waals surface area contributed by atoms with Gasteiger partial charge in [-0.05, 0) is 50.5 Å². The fraction of sp³-hybridized carbons (Fsp3) is 0.467. The Hall–Kier alpha value is -2.02. The highest BCUT2D eigenvalue weighted by atomic mass is 16.1. The zero-order chi connectivity index (χ0) is 13.7. The predicted octanol–water partition coefficient (Wildman–Crippen LogP) is 2.78. The molecule has 0 aromatic heterocycles. The van der Waals surface area contributed by atoms with E-state index in [-0.39, 0.29) is 5.91 Å². The molecule has 0 saturated carbocycles. The lowest BCUT2D eigenvalue weighted by Gasteiger charge is -2.28. The van der Waals surface area contributed by atoms with Crippen LogP contribution < -0.4 is 10.2 Å². The number of hydrogen-bond donors (Lipinski definition) is 1. The Bertz CT molecular complexity index is 469. The SMILES string of the molecule is CC(C#N)C(=O)Nc1ccc(N2CCCCC2)cc1. The van der Waals surface area contributed by atoms with Crippen molar-refractivity contribution in [2.45, 2.75) is 26.2 Å². The Kier molecular flexibility index (Phi) is 4.40. The summed E-state index contributed by atoms with van der Waals surface area (Å²) in [6, 6.07) is 9.77. The average Bonchev–Trinajstić information content (AvgIpc) is 2.48. The van der Waals surface area contributed by atoms with Gasteiger partial charge in [0.2, 0.25) is 5.91 Å². The van der Waals surface area contributed by atoms with Crippen LogP contribution in [-0.2, 0) is 4.79 Å². The molecule has 4 heteroatoms. The van der Waals surface area contributed by atoms with Gasteiger partial charge in [0, 0.05) is 24.5 Å². The normalized spacial score (nSPS) is 16.5. The molecule has 1 aliphatic heterocycles. The van der Waals surface area contributed by atoms with E-state index in [0.717, 1.165) is 18.8 Å². The summed E-state index contributed by atoms with van der Waals surface area (Å²) < 4.78 is 0. The monoisotopic (exact) mass is 257 g/mol. The van der Waals surface area contributed by atoms with Gasteiger partial charge in [-0.25, -0.2) is 0 Å². The Morgan fingerprint density at radius 1 is 1.26 bits per heavy atom. The van der Waals surface area contributed by atoms with E-state index in [2.05, 4.69) is 10.2 Å². The molecule has 4 nitrogen and oxygen atoms in total. The molecule has 1 aromatic rings. The first-order valence-corrected chi connectivity index (χ1v) is 6.76. The number of nitriles is 1. The molecule has 1 N–H and O–H groups in total. The van der Waals surface area contributed by atoms with Crippen molar-refractivity contribution < 1.29 is 4.79 Å². The maximum absolute atomic E-state index is 11.6. The Balaban J connectivity index is 1.98. The van der Waals surface area contributed by atoms with Crippen molar-refractivity contribution in [2.75, 3.05) is 23.3 Å². The van der Waals surface area contributed by atoms with Crippen LogP contribution in [0, 0.1) is 17.2 Å². The molecule has 1 aliphatic rings. The zero-order valence-electron chi connectivity index (χ0n) is 11.2. The minimum atomic E-state index is -0.623. The van der Waals surface area contributed by atoms with Crippen molar-refractivity contribution >= 4 is 17.3 Å². The number of piperidine rings is 1. The number of nitrogens with zero attached hydrogens (tertiary/aromatic N) is 2. The van der Waals surface area contributed by atoms with Crippen LogP contribution in [0.4, 0.5) is 11.4 Å². The van der Waals surface area contributed by atoms with Crippen molar-refractivity contribution in [2.24, 2.45) is 5.92 Å². The van der Waals surface area contributed by atoms with Gasteiger partial charge in [0.05, 0.1) is 6.07 Å². The van der Waals surface area contributed by atoms with Gasteiger partial charge >= 0.3 is 0 Å². The van der Waals surface area contributed by atoms with Gasteiger partial charge in [-0.3, -0.25) is 4.79 Å². The summed E-state index contributed by atoms with van der Waals surface area (Å²) in [5, 5.41) is 11.4. The average molecular weight is 257 g/mol. The van der Waals surface area contributed by atoms with Crippen LogP contribution in [0.3, 0.4) is 0 Å². The highest BCUT2D eigenvalue weighted by molar-refractivity contribution is 5.93. The first-order valence-electron chi connectivity index (χ1n) is 6.76. The number of hydrogen-bond acceptors (Lipinski definition) is 3. The zero-order valence-corrected chi connectivity index (χ0v) is 11.2. The third kappa shape index (κ3) is 3.47. The summed E-state index contributed by atoms with van der Waals surface area (Å²) in [5.41, 5.74) is 1.94. The fourth-order valence-corrected chi connectivity index (χ4v) is 2.22. The van der Waals surface area contributed by atoms with Gasteiger partial charge in [0.1, 0.15) is 5.92 Å². The largest absolute Gasteiger partial charge is 0.372 e. The lowest BCUT2D eigenvalue weighted by Crippen LogP contribution is -2.29. The van der Waals surface area contributed by atoms with Gasteiger partial charge in [0.25, 0.3) is 0 Å². The number of rotatable bonds is 3. The van der Waals surface area contributed by atoms with E-state index in [1.54, 1.807) is 6.92 Å². The molecule has 1 heterocycles. The summed E-state index contributed by atoms with van der Waals surface area (Å²) in [6.45, 7) is 3.81. The number of benzene rings is 1. The summed E-state index contributed by atoms with van der Waals surface area (Å²) in [7, 11) is 0. The first-order chi connectivity index (χ1) is 9.20. The molecule has 1 saturated heterocycles. The van der Waals surface area contributed by atoms with Gasteiger partial charge < -0.3 is 10.2 Å². The second-order valence-corrected chi connectivity index (χ2v) is 4.93. The molecule has 1 unspecified atom stereocenters. The van der Waals surface area contributed by atoms with Crippen molar-refractivity contribution in [3.63, 3.8) is 0 Å². The van der Waals surface area contributed by atoms with Gasteiger partial charge in [-0.2, -0.15) is 5.26 Å². The van der Waals surface area contributed by atoms with Crippen molar-refractivity contribution in [3.8, 4) is 6.07 Å². The van der Waals surface area contributed by atoms with Crippen molar-refractivity contribution in [3.05, 3.63) is 24.3 Å². The van der Waals surface area contributed by atoms with E-state index in [1.165, 1.54) is 24.9 Å². The smallest absolute Gasteiger partial charge is 0.241 e. The van der Waals surface area contributed by atoms with Gasteiger partial charge in [-0.1, -0.05) is 0 Å². The van der Waals surface area contributed by atoms with E-state index in [9.17, 15) is 4.79 Å². The van der Waals surface area contributed by atoms with E-state index >= 15 is 0 Å². The lowest BCUT2D eigenvalue weighted by molar-refractivity contribution is -0.117. The van der Waals surface area contributed by atoms with Gasteiger partial charge in [-0.15, -0.1) is 0 Å². The Morgan fingerprint density at radius 2 is 1.89 bits per heavy atom. The maximum Gasteiger partial charge on any atom is 0.241 e. The van der Waals surface area contributed by atoms with Crippen LogP contribution >= 0.6 is 0 Å². The summed E-state index contributed by atoms with van der Waals surface area (Å²) in [4.78, 5) is 14.0. The summed E-state index contributed by atoms with van der Waals surface area (Å²) in [6.07, 6.45) is 3.81. The van der Waals surface area contributed by atoms with E-state index < -0.39 is 5.92 Å². The second-order valence-electron chi connectivity index (χ2n) is 4.93. The molecule has 1 fully saturated rings. The van der Waals surface area contributed by atoms with Crippen LogP contribution in [0.2, 0.25) is 0 Å². The summed E-state index contributed by atoms with van der Waals surface area (Å²) >= 11 is 0. The van der Waals surface area contributed by atoms with E-state index in [4.69, 9.17) is 5.26 Å². The minimum absolute atomic E-state index is 0.256. The molecule has 1 amide bonds. The fourth-order valence-electron chi connectivity index (χ4n) is 2.22. The molecule has 0 radical (unpaired) electrons. The number of anilines is 2. The highest BCUT2D eigenvalue weighted by Crippen LogP contribution is 2.21. The third-order valence-electron chi connectivity index (χ3n) is 3.44. The Labute approximate surface area is 114 Å². The van der Waals surface area contributed by atoms with Crippen LogP contribution in [0.1, 0.15) is 26.2 Å². The maximum atomic E-state index is 11.6. The predicted molar refractivity (Wildman–Crippen MR) is 75.9 cm³/mol. The number of nitrogens with one attached hydrogen (secondary N) is 1. The molecular formula is C15H19N3O. The topological polar surface area (TPSA) is 56.1 Å². The highest BCUT2D eigenvalue weighted by Gasteiger charge is 2.13. The summed E-state index contributed by atoms with van der Waals surface area (Å²) in [5.74, 6) is -0.880. The standard InChI is InChI=1S/C15H19N3O/c1-12(11-16)15(19)17-13-5-7-14(8-6-13)18-9-3-2-4-10-18/h5-8,12H,2-4,9-10H2,1H3,(H,17,19). The molecule has 19 heavy (non-hydrogen) atoms. The minimum Gasteiger partial charge on any atom is -0.372 e. The number of carbonyl (C=O) groups is 1. The molecule has 0 spiro atoms. The number of amides is 1. The third-order valence-corrected chi connectivity index (χ3v) is 3.44. The van der Waals surface area contributed by atoms with Crippen LogP contribution in [-0.4, -0.2) is 19.0 Å². The van der Waals surface area contributed by atoms with Crippen LogP contribution in [0.15, 0.2) is 24.3 Å². The molecule has 1 aromatic carbocycles. The van der Waals surface area contributed by atoms with Crippen LogP contribution in [0.25, 0.3) is 0 Å². The molecular weight excluding hydrogens is 238 g/mol. The molecule has 2 rings (SSSR count). The lowest BCUT2D eigenvalue weighted by atomic mass is 10.1. The van der Waals surface area contributed by atoms with E-state index in [0.29, 0.717) is 0 Å². The second kappa shape index (κ2) is 6.24. The molecule has 0 bridgehead atoms. The van der Waals surface area contributed by atoms with E-state index in [1.807, 2.05) is 30.3 Å². The number of carbonyl (C=O) groups excluding carboxylic acids is 1.